The summed E-state index contributed by atoms with van der Waals surface area (Å²) in [5.74, 6) is -0.0372. The van der Waals surface area contributed by atoms with Crippen LogP contribution in [0.15, 0.2) is 12.2 Å². The number of nitrogens with zero attached hydrogens (tertiary/aromatic N) is 1. The summed E-state index contributed by atoms with van der Waals surface area (Å²) >= 11 is 0. The summed E-state index contributed by atoms with van der Waals surface area (Å²) in [6, 6.07) is 0. The topological polar surface area (TPSA) is 37.4 Å². The van der Waals surface area contributed by atoms with Gasteiger partial charge in [0.25, 0.3) is 0 Å². The Balaban J connectivity index is 2.31. The first-order valence-corrected chi connectivity index (χ1v) is 4.74. The minimum Gasteiger partial charge on any atom is -0.282 e. The highest BCUT2D eigenvalue weighted by molar-refractivity contribution is 6.01. The molecule has 1 aliphatic heterocycles. The van der Waals surface area contributed by atoms with Gasteiger partial charge in [0.2, 0.25) is 11.8 Å². The summed E-state index contributed by atoms with van der Waals surface area (Å²) in [4.78, 5) is 23.6. The van der Waals surface area contributed by atoms with E-state index in [2.05, 4.69) is 6.92 Å². The summed E-state index contributed by atoms with van der Waals surface area (Å²) in [5, 5.41) is 0. The molecular weight excluding hydrogens is 166 g/mol. The maximum atomic E-state index is 11.1. The van der Waals surface area contributed by atoms with Gasteiger partial charge in [-0.15, -0.1) is 0 Å². The highest BCUT2D eigenvalue weighted by atomic mass is 16.2. The molecule has 0 saturated carbocycles. The molecular formula is C10H15NO2. The van der Waals surface area contributed by atoms with Gasteiger partial charge in [-0.25, -0.2) is 0 Å². The normalized spacial score (nSPS) is 17.8. The molecule has 72 valence electrons. The third-order valence-electron chi connectivity index (χ3n) is 2.08. The number of amides is 2. The van der Waals surface area contributed by atoms with Crippen LogP contribution in [0.25, 0.3) is 0 Å². The Bertz CT molecular complexity index is 217. The molecule has 1 rings (SSSR count). The van der Waals surface area contributed by atoms with Crippen molar-refractivity contribution in [3.8, 4) is 0 Å². The second-order valence-electron chi connectivity index (χ2n) is 3.11. The van der Waals surface area contributed by atoms with Crippen LogP contribution in [0.5, 0.6) is 0 Å². The van der Waals surface area contributed by atoms with Crippen molar-refractivity contribution in [3.63, 3.8) is 0 Å². The molecule has 0 aromatic carbocycles. The Morgan fingerprint density at radius 1 is 1.23 bits per heavy atom. The third-order valence-corrected chi connectivity index (χ3v) is 2.08. The number of rotatable bonds is 4. The Morgan fingerprint density at radius 2 is 1.85 bits per heavy atom. The maximum absolute atomic E-state index is 11.1. The van der Waals surface area contributed by atoms with Crippen LogP contribution in [0, 0.1) is 0 Å². The number of imide groups is 1. The van der Waals surface area contributed by atoms with Gasteiger partial charge in [0.05, 0.1) is 0 Å². The van der Waals surface area contributed by atoms with Crippen molar-refractivity contribution < 1.29 is 9.59 Å². The fourth-order valence-electron chi connectivity index (χ4n) is 1.36. The Morgan fingerprint density at radius 3 is 2.38 bits per heavy atom. The summed E-state index contributed by atoms with van der Waals surface area (Å²) in [6.07, 6.45) is 6.64. The molecule has 1 aliphatic rings. The fourth-order valence-corrected chi connectivity index (χ4v) is 1.36. The van der Waals surface area contributed by atoms with Crippen LogP contribution in [-0.4, -0.2) is 23.3 Å². The zero-order chi connectivity index (χ0) is 9.68. The molecule has 3 nitrogen and oxygen atoms in total. The predicted octanol–water partition coefficient (Wildman–Crippen LogP) is 1.49. The van der Waals surface area contributed by atoms with Crippen LogP contribution >= 0.6 is 0 Å². The van der Waals surface area contributed by atoms with Crippen molar-refractivity contribution >= 4 is 11.8 Å². The van der Waals surface area contributed by atoms with E-state index >= 15 is 0 Å². The fraction of sp³-hybridized carbons (Fsp3) is 0.600. The Kier molecular flexibility index (Phi) is 3.68. The Labute approximate surface area is 78.4 Å². The van der Waals surface area contributed by atoms with E-state index in [0.29, 0.717) is 19.4 Å². The van der Waals surface area contributed by atoms with Gasteiger partial charge in [-0.1, -0.05) is 19.1 Å². The standard InChI is InChI=1S/C10H15NO2/c1-2-3-4-5-8-11-9(12)6-7-10(11)13/h3-4H,2,5-8H2,1H3/b4-3-. The number of hydrogen-bond acceptors (Lipinski definition) is 2. The molecule has 2 amide bonds. The van der Waals surface area contributed by atoms with E-state index in [0.717, 1.165) is 12.8 Å². The van der Waals surface area contributed by atoms with Gasteiger partial charge < -0.3 is 0 Å². The van der Waals surface area contributed by atoms with Crippen LogP contribution in [0.3, 0.4) is 0 Å². The predicted molar refractivity (Wildman–Crippen MR) is 50.0 cm³/mol. The summed E-state index contributed by atoms with van der Waals surface area (Å²) < 4.78 is 0. The first-order valence-electron chi connectivity index (χ1n) is 4.74. The van der Waals surface area contributed by atoms with E-state index < -0.39 is 0 Å². The number of hydrogen-bond donors (Lipinski definition) is 0. The van der Waals surface area contributed by atoms with Gasteiger partial charge in [-0.2, -0.15) is 0 Å². The lowest BCUT2D eigenvalue weighted by molar-refractivity contribution is -0.138. The van der Waals surface area contributed by atoms with E-state index in [1.165, 1.54) is 4.90 Å². The lowest BCUT2D eigenvalue weighted by Crippen LogP contribution is -2.29. The average molecular weight is 181 g/mol. The molecule has 0 aromatic rings. The largest absolute Gasteiger partial charge is 0.282 e. The van der Waals surface area contributed by atoms with Crippen LogP contribution in [0.1, 0.15) is 32.6 Å². The van der Waals surface area contributed by atoms with E-state index in [1.54, 1.807) is 0 Å². The van der Waals surface area contributed by atoms with Gasteiger partial charge in [0.1, 0.15) is 0 Å². The molecule has 1 fully saturated rings. The molecule has 1 saturated heterocycles. The highest BCUT2D eigenvalue weighted by Gasteiger charge is 2.27. The van der Waals surface area contributed by atoms with Crippen LogP contribution in [-0.2, 0) is 9.59 Å². The van der Waals surface area contributed by atoms with Crippen molar-refractivity contribution in [3.05, 3.63) is 12.2 Å². The van der Waals surface area contributed by atoms with Gasteiger partial charge in [-0.3, -0.25) is 14.5 Å². The number of carbonyl (C=O) groups excluding carboxylic acids is 2. The van der Waals surface area contributed by atoms with Crippen molar-refractivity contribution in [1.82, 2.24) is 4.90 Å². The third kappa shape index (κ3) is 2.68. The minimum atomic E-state index is -0.0186. The second-order valence-corrected chi connectivity index (χ2v) is 3.11. The van der Waals surface area contributed by atoms with Crippen LogP contribution < -0.4 is 0 Å². The zero-order valence-corrected chi connectivity index (χ0v) is 7.95. The smallest absolute Gasteiger partial charge is 0.229 e. The quantitative estimate of drug-likeness (QED) is 0.486. The number of allylic oxidation sites excluding steroid dienone is 1. The van der Waals surface area contributed by atoms with Gasteiger partial charge in [-0.05, 0) is 12.8 Å². The molecule has 0 aromatic heterocycles. The lowest BCUT2D eigenvalue weighted by Gasteiger charge is -2.11. The first kappa shape index (κ1) is 9.96. The molecule has 1 heterocycles. The number of carbonyl (C=O) groups is 2. The summed E-state index contributed by atoms with van der Waals surface area (Å²) in [7, 11) is 0. The lowest BCUT2D eigenvalue weighted by atomic mass is 10.3. The van der Waals surface area contributed by atoms with Gasteiger partial charge >= 0.3 is 0 Å². The monoisotopic (exact) mass is 181 g/mol. The van der Waals surface area contributed by atoms with Gasteiger partial charge in [0.15, 0.2) is 0 Å². The molecule has 3 heteroatoms. The molecule has 0 unspecified atom stereocenters. The second kappa shape index (κ2) is 4.80. The SMILES string of the molecule is CC/C=C\CCN1C(=O)CCC1=O. The van der Waals surface area contributed by atoms with Crippen molar-refractivity contribution in [2.24, 2.45) is 0 Å². The van der Waals surface area contributed by atoms with Crippen LogP contribution in [0.4, 0.5) is 0 Å². The maximum Gasteiger partial charge on any atom is 0.229 e. The molecule has 0 atom stereocenters. The van der Waals surface area contributed by atoms with E-state index in [4.69, 9.17) is 0 Å². The van der Waals surface area contributed by atoms with E-state index in [1.807, 2.05) is 12.2 Å². The molecule has 0 N–H and O–H groups in total. The van der Waals surface area contributed by atoms with Crippen molar-refractivity contribution in [1.29, 1.82) is 0 Å². The van der Waals surface area contributed by atoms with E-state index in [9.17, 15) is 9.59 Å². The Hall–Kier alpha value is -1.12. The molecule has 13 heavy (non-hydrogen) atoms. The molecule has 0 bridgehead atoms. The average Bonchev–Trinajstić information content (AvgIpc) is 2.42. The van der Waals surface area contributed by atoms with Crippen molar-refractivity contribution in [2.75, 3.05) is 6.54 Å². The zero-order valence-electron chi connectivity index (χ0n) is 7.95. The number of likely N-dealkylation sites (tertiary alicyclic amines) is 1. The molecule has 0 radical (unpaired) electrons. The minimum absolute atomic E-state index is 0.0186. The highest BCUT2D eigenvalue weighted by Crippen LogP contribution is 2.11. The van der Waals surface area contributed by atoms with E-state index in [-0.39, 0.29) is 11.8 Å². The summed E-state index contributed by atoms with van der Waals surface area (Å²) in [6.45, 7) is 2.61. The molecule has 0 spiro atoms. The summed E-state index contributed by atoms with van der Waals surface area (Å²) in [5.41, 5.74) is 0. The first-order chi connectivity index (χ1) is 6.25. The van der Waals surface area contributed by atoms with Crippen LogP contribution in [0.2, 0.25) is 0 Å². The molecule has 0 aliphatic carbocycles. The van der Waals surface area contributed by atoms with Crippen molar-refractivity contribution in [2.45, 2.75) is 32.6 Å². The van der Waals surface area contributed by atoms with Gasteiger partial charge in [0, 0.05) is 19.4 Å².